The van der Waals surface area contributed by atoms with Crippen molar-refractivity contribution >= 4 is 38.2 Å². The van der Waals surface area contributed by atoms with E-state index in [2.05, 4.69) is 6.92 Å². The average Bonchev–Trinajstić information content (AvgIpc) is 2.82. The summed E-state index contributed by atoms with van der Waals surface area (Å²) in [5.41, 5.74) is 2.46. The van der Waals surface area contributed by atoms with E-state index in [9.17, 15) is 9.90 Å². The van der Waals surface area contributed by atoms with Gasteiger partial charge in [-0.25, -0.2) is 4.98 Å². The monoisotopic (exact) mass is 376 g/mol. The normalized spacial score (nSPS) is 17.5. The van der Waals surface area contributed by atoms with E-state index in [0.717, 1.165) is 72.4 Å². The van der Waals surface area contributed by atoms with Gasteiger partial charge in [0, 0.05) is 22.7 Å². The van der Waals surface area contributed by atoms with Gasteiger partial charge in [-0.2, -0.15) is 0 Å². The van der Waals surface area contributed by atoms with Crippen molar-refractivity contribution in [2.45, 2.75) is 58.4 Å². The first kappa shape index (κ1) is 17.3. The molecule has 4 rings (SSSR count). The molecule has 2 aliphatic rings. The van der Waals surface area contributed by atoms with E-state index in [-0.39, 0.29) is 12.2 Å². The largest absolute Gasteiger partial charge is 0.392 e. The maximum absolute atomic E-state index is 13.2. The highest BCUT2D eigenvalue weighted by atomic mass is 32.2. The first-order valence-electron chi connectivity index (χ1n) is 9.25. The molecule has 3 heterocycles. The number of aliphatic hydroxyl groups is 1. The number of aliphatic hydroxyl groups excluding tert-OH is 1. The van der Waals surface area contributed by atoms with Crippen LogP contribution in [0.15, 0.2) is 10.4 Å². The van der Waals surface area contributed by atoms with Crippen molar-refractivity contribution in [1.82, 2.24) is 9.55 Å². The quantitative estimate of drug-likeness (QED) is 0.877. The first-order chi connectivity index (χ1) is 12.2. The predicted molar refractivity (Wildman–Crippen MR) is 107 cm³/mol. The molecular formula is C19H24N2O2S2. The fraction of sp³-hybridized carbons (Fsp3) is 0.579. The highest BCUT2D eigenvalue weighted by molar-refractivity contribution is 8.08. The molecule has 134 valence electrons. The number of hydrogen-bond donors (Lipinski definition) is 1. The summed E-state index contributed by atoms with van der Waals surface area (Å²) >= 11 is 3.48. The van der Waals surface area contributed by atoms with Crippen LogP contribution >= 0.6 is 23.1 Å². The Labute approximate surface area is 156 Å². The molecule has 0 unspecified atom stereocenters. The lowest BCUT2D eigenvalue weighted by Crippen LogP contribution is -2.24. The molecule has 1 N–H and O–H groups in total. The lowest BCUT2D eigenvalue weighted by Gasteiger charge is -2.19. The van der Waals surface area contributed by atoms with Crippen molar-refractivity contribution in [2.75, 3.05) is 12.4 Å². The molecule has 0 radical (unpaired) electrons. The summed E-state index contributed by atoms with van der Waals surface area (Å²) in [6.07, 6.45) is 7.06. The molecule has 2 aromatic rings. The van der Waals surface area contributed by atoms with Gasteiger partial charge in [-0.05, 0) is 49.0 Å². The molecule has 1 aliphatic heterocycles. The zero-order valence-corrected chi connectivity index (χ0v) is 16.3. The Bertz CT molecular complexity index is 895. The molecule has 4 nitrogen and oxygen atoms in total. The highest BCUT2D eigenvalue weighted by Gasteiger charge is 2.27. The third-order valence-corrected chi connectivity index (χ3v) is 7.78. The van der Waals surface area contributed by atoms with Crippen LogP contribution in [0.4, 0.5) is 0 Å². The van der Waals surface area contributed by atoms with Crippen LogP contribution in [0.3, 0.4) is 0 Å². The van der Waals surface area contributed by atoms with Gasteiger partial charge in [-0.15, -0.1) is 23.1 Å². The lowest BCUT2D eigenvalue weighted by atomic mass is 9.96. The number of nitrogens with zero attached hydrogens (tertiary/aromatic N) is 2. The third kappa shape index (κ3) is 2.98. The molecule has 0 bridgehead atoms. The summed E-state index contributed by atoms with van der Waals surface area (Å²) in [5, 5.41) is 10.6. The molecule has 25 heavy (non-hydrogen) atoms. The van der Waals surface area contributed by atoms with Gasteiger partial charge in [0.05, 0.1) is 12.0 Å². The molecule has 0 amide bonds. The van der Waals surface area contributed by atoms with Gasteiger partial charge in [0.15, 0.2) is 0 Å². The summed E-state index contributed by atoms with van der Waals surface area (Å²) in [6.45, 7) is 3.09. The van der Waals surface area contributed by atoms with E-state index in [4.69, 9.17) is 4.98 Å². The van der Waals surface area contributed by atoms with Gasteiger partial charge in [-0.3, -0.25) is 9.36 Å². The van der Waals surface area contributed by atoms with Crippen LogP contribution in [0.25, 0.3) is 15.1 Å². The third-order valence-electron chi connectivity index (χ3n) is 5.12. The molecule has 1 aliphatic carbocycles. The maximum Gasteiger partial charge on any atom is 0.262 e. The minimum Gasteiger partial charge on any atom is -0.392 e. The van der Waals surface area contributed by atoms with Gasteiger partial charge in [0.25, 0.3) is 5.56 Å². The molecule has 0 saturated heterocycles. The molecule has 2 aromatic heterocycles. The van der Waals surface area contributed by atoms with Crippen molar-refractivity contribution in [3.05, 3.63) is 32.2 Å². The fourth-order valence-electron chi connectivity index (χ4n) is 3.83. The van der Waals surface area contributed by atoms with Crippen molar-refractivity contribution in [3.63, 3.8) is 0 Å². The SMILES string of the molecule is CCCSC1=C(CO)CCc2c1sc1nc3n(c(=O)c21)CCCCC3. The lowest BCUT2D eigenvalue weighted by molar-refractivity contribution is 0.327. The minimum atomic E-state index is 0.114. The van der Waals surface area contributed by atoms with Gasteiger partial charge < -0.3 is 5.11 Å². The van der Waals surface area contributed by atoms with E-state index in [1.807, 2.05) is 16.3 Å². The number of aromatic nitrogens is 2. The topological polar surface area (TPSA) is 55.1 Å². The maximum atomic E-state index is 13.2. The molecule has 0 spiro atoms. The second-order valence-electron chi connectivity index (χ2n) is 6.82. The molecule has 0 aromatic carbocycles. The number of hydrogen-bond acceptors (Lipinski definition) is 5. The summed E-state index contributed by atoms with van der Waals surface area (Å²) in [7, 11) is 0. The molecule has 6 heteroatoms. The minimum absolute atomic E-state index is 0.114. The molecule has 0 saturated carbocycles. The van der Waals surface area contributed by atoms with Crippen LogP contribution in [-0.2, 0) is 19.4 Å². The molecule has 0 fully saturated rings. The van der Waals surface area contributed by atoms with E-state index in [1.165, 1.54) is 21.8 Å². The predicted octanol–water partition coefficient (Wildman–Crippen LogP) is 3.98. The summed E-state index contributed by atoms with van der Waals surface area (Å²) in [6, 6.07) is 0. The van der Waals surface area contributed by atoms with Gasteiger partial charge in [0.1, 0.15) is 10.7 Å². The number of fused-ring (bicyclic) bond motifs is 4. The number of aryl methyl sites for hydroxylation is 2. The van der Waals surface area contributed by atoms with Crippen molar-refractivity contribution in [3.8, 4) is 0 Å². The van der Waals surface area contributed by atoms with E-state index < -0.39 is 0 Å². The molecular weight excluding hydrogens is 352 g/mol. The molecule has 0 atom stereocenters. The number of thioether (sulfide) groups is 1. The Hall–Kier alpha value is -1.11. The van der Waals surface area contributed by atoms with Crippen molar-refractivity contribution in [1.29, 1.82) is 0 Å². The van der Waals surface area contributed by atoms with Gasteiger partial charge >= 0.3 is 0 Å². The van der Waals surface area contributed by atoms with Gasteiger partial charge in [0.2, 0.25) is 0 Å². The smallest absolute Gasteiger partial charge is 0.262 e. The Morgan fingerprint density at radius 2 is 2.12 bits per heavy atom. The van der Waals surface area contributed by atoms with E-state index in [1.54, 1.807) is 11.3 Å². The highest BCUT2D eigenvalue weighted by Crippen LogP contribution is 2.45. The van der Waals surface area contributed by atoms with Crippen LogP contribution < -0.4 is 5.56 Å². The van der Waals surface area contributed by atoms with Gasteiger partial charge in [-0.1, -0.05) is 13.3 Å². The van der Waals surface area contributed by atoms with Crippen molar-refractivity contribution in [2.24, 2.45) is 0 Å². The Balaban J connectivity index is 1.91. The summed E-state index contributed by atoms with van der Waals surface area (Å²) < 4.78 is 1.92. The van der Waals surface area contributed by atoms with Crippen LogP contribution in [0.2, 0.25) is 0 Å². The second kappa shape index (κ2) is 7.25. The van der Waals surface area contributed by atoms with Crippen LogP contribution in [0.5, 0.6) is 0 Å². The average molecular weight is 377 g/mol. The second-order valence-corrected chi connectivity index (χ2v) is 8.93. The van der Waals surface area contributed by atoms with Crippen molar-refractivity contribution < 1.29 is 5.11 Å². The van der Waals surface area contributed by atoms with E-state index in [0.29, 0.717) is 0 Å². The van der Waals surface area contributed by atoms with Crippen LogP contribution in [-0.4, -0.2) is 27.0 Å². The Morgan fingerprint density at radius 1 is 1.24 bits per heavy atom. The number of thiophene rings is 1. The zero-order chi connectivity index (χ0) is 17.4. The zero-order valence-electron chi connectivity index (χ0n) is 14.6. The van der Waals surface area contributed by atoms with E-state index >= 15 is 0 Å². The fourth-order valence-corrected chi connectivity index (χ4v) is 6.38. The number of rotatable bonds is 4. The summed E-state index contributed by atoms with van der Waals surface area (Å²) in [5.74, 6) is 2.00. The first-order valence-corrected chi connectivity index (χ1v) is 11.1. The van der Waals surface area contributed by atoms with Crippen LogP contribution in [0.1, 0.15) is 55.3 Å². The summed E-state index contributed by atoms with van der Waals surface area (Å²) in [4.78, 5) is 21.4. The van der Waals surface area contributed by atoms with Crippen LogP contribution in [0, 0.1) is 0 Å². The standard InChI is InChI=1S/C19H24N2O2S2/c1-2-10-24-16-12(11-22)7-8-13-15-18(25-17(13)16)20-14-6-4-3-5-9-21(14)19(15)23/h22H,2-11H2,1H3. The Kier molecular flexibility index (Phi) is 5.02. The Morgan fingerprint density at radius 3 is 2.92 bits per heavy atom.